The van der Waals surface area contributed by atoms with Crippen molar-refractivity contribution in [2.45, 2.75) is 13.5 Å². The zero-order chi connectivity index (χ0) is 22.4. The van der Waals surface area contributed by atoms with Crippen molar-refractivity contribution in [2.24, 2.45) is 0 Å². The minimum absolute atomic E-state index is 0.0240. The molecule has 0 aliphatic rings. The molecule has 1 heterocycles. The number of nitro benzene ring substituents is 1. The first-order chi connectivity index (χ1) is 14.9. The molecule has 31 heavy (non-hydrogen) atoms. The summed E-state index contributed by atoms with van der Waals surface area (Å²) in [5, 5.41) is 17.1. The Morgan fingerprint density at radius 1 is 0.968 bits per heavy atom. The van der Waals surface area contributed by atoms with Crippen LogP contribution in [0.1, 0.15) is 11.4 Å². The van der Waals surface area contributed by atoms with Gasteiger partial charge < -0.3 is 24.8 Å². The highest BCUT2D eigenvalue weighted by molar-refractivity contribution is 5.66. The zero-order valence-corrected chi connectivity index (χ0v) is 17.5. The lowest BCUT2D eigenvalue weighted by atomic mass is 10.2. The summed E-state index contributed by atoms with van der Waals surface area (Å²) in [5.74, 6) is 2.57. The van der Waals surface area contributed by atoms with Gasteiger partial charge in [0.25, 0.3) is 5.69 Å². The Bertz CT molecular complexity index is 1070. The number of methoxy groups -OCH3 is 3. The van der Waals surface area contributed by atoms with E-state index in [9.17, 15) is 10.1 Å². The van der Waals surface area contributed by atoms with Gasteiger partial charge in [-0.05, 0) is 12.5 Å². The molecule has 0 aliphatic heterocycles. The predicted octanol–water partition coefficient (Wildman–Crippen LogP) is 3.47. The number of benzene rings is 2. The van der Waals surface area contributed by atoms with Gasteiger partial charge in [0.05, 0.1) is 26.3 Å². The smallest absolute Gasteiger partial charge is 0.269 e. The molecule has 0 fully saturated rings. The average Bonchev–Trinajstić information content (AvgIpc) is 2.76. The molecule has 0 aliphatic carbocycles. The Kier molecular flexibility index (Phi) is 6.65. The second-order valence-corrected chi connectivity index (χ2v) is 6.35. The fraction of sp³-hybridized carbons (Fsp3) is 0.250. The van der Waals surface area contributed by atoms with Gasteiger partial charge in [0.1, 0.15) is 5.82 Å². The molecule has 0 amide bonds. The lowest BCUT2D eigenvalue weighted by Crippen LogP contribution is -2.08. The number of nitrogens with one attached hydrogen (secondary N) is 2. The molecular formula is C20H22N6O5. The zero-order valence-electron chi connectivity index (χ0n) is 17.5. The molecule has 162 valence electrons. The summed E-state index contributed by atoms with van der Waals surface area (Å²) >= 11 is 0. The van der Waals surface area contributed by atoms with Crippen molar-refractivity contribution >= 4 is 23.3 Å². The molecule has 0 bridgehead atoms. The van der Waals surface area contributed by atoms with Crippen molar-refractivity contribution in [1.29, 1.82) is 0 Å². The Morgan fingerprint density at radius 2 is 1.65 bits per heavy atom. The second-order valence-electron chi connectivity index (χ2n) is 6.35. The van der Waals surface area contributed by atoms with Crippen LogP contribution >= 0.6 is 0 Å². The molecule has 0 saturated heterocycles. The summed E-state index contributed by atoms with van der Waals surface area (Å²) in [7, 11) is 4.59. The molecule has 3 aromatic rings. The summed E-state index contributed by atoms with van der Waals surface area (Å²) in [5.41, 5.74) is 1.38. The normalized spacial score (nSPS) is 10.3. The highest BCUT2D eigenvalue weighted by atomic mass is 16.6. The largest absolute Gasteiger partial charge is 0.493 e. The van der Waals surface area contributed by atoms with Gasteiger partial charge in [0, 0.05) is 36.5 Å². The Morgan fingerprint density at radius 3 is 2.26 bits per heavy atom. The van der Waals surface area contributed by atoms with Gasteiger partial charge in [-0.25, -0.2) is 0 Å². The van der Waals surface area contributed by atoms with Gasteiger partial charge in [-0.2, -0.15) is 15.0 Å². The minimum atomic E-state index is -0.435. The van der Waals surface area contributed by atoms with Gasteiger partial charge in [-0.15, -0.1) is 0 Å². The molecule has 2 N–H and O–H groups in total. The van der Waals surface area contributed by atoms with E-state index >= 15 is 0 Å². The monoisotopic (exact) mass is 426 g/mol. The Hall–Kier alpha value is -4.15. The summed E-state index contributed by atoms with van der Waals surface area (Å²) in [6.45, 7) is 2.05. The van der Waals surface area contributed by atoms with Crippen LogP contribution in [-0.2, 0) is 6.54 Å². The molecule has 3 rings (SSSR count). The molecule has 1 aromatic heterocycles. The summed E-state index contributed by atoms with van der Waals surface area (Å²) in [6.07, 6.45) is 0. The van der Waals surface area contributed by atoms with Crippen LogP contribution in [0.2, 0.25) is 0 Å². The Balaban J connectivity index is 1.80. The first kappa shape index (κ1) is 21.6. The standard InChI is InChI=1S/C20H22N6O5/c1-12-22-19(21-11-13-6-5-7-15(8-13)26(27)28)25-20(23-12)24-14-9-16(29-2)18(31-4)17(10-14)30-3/h5-10H,11H2,1-4H3,(H2,21,22,23,24,25). The van der Waals surface area contributed by atoms with E-state index in [1.54, 1.807) is 31.2 Å². The minimum Gasteiger partial charge on any atom is -0.493 e. The highest BCUT2D eigenvalue weighted by Crippen LogP contribution is 2.40. The van der Waals surface area contributed by atoms with Crippen LogP contribution in [0.4, 0.5) is 23.3 Å². The molecule has 11 heteroatoms. The average molecular weight is 426 g/mol. The summed E-state index contributed by atoms with van der Waals surface area (Å²) in [6, 6.07) is 9.81. The fourth-order valence-electron chi connectivity index (χ4n) is 2.86. The number of nitrogens with zero attached hydrogens (tertiary/aromatic N) is 4. The predicted molar refractivity (Wildman–Crippen MR) is 114 cm³/mol. The van der Waals surface area contributed by atoms with E-state index in [1.807, 2.05) is 0 Å². The number of anilines is 3. The van der Waals surface area contributed by atoms with Crippen molar-refractivity contribution in [3.05, 3.63) is 57.9 Å². The van der Waals surface area contributed by atoms with E-state index in [0.29, 0.717) is 47.2 Å². The third kappa shape index (κ3) is 5.26. The van der Waals surface area contributed by atoms with Crippen molar-refractivity contribution in [3.63, 3.8) is 0 Å². The number of ether oxygens (including phenoxy) is 3. The molecule has 0 unspecified atom stereocenters. The van der Waals surface area contributed by atoms with Crippen molar-refractivity contribution in [2.75, 3.05) is 32.0 Å². The number of hydrogen-bond acceptors (Lipinski definition) is 10. The highest BCUT2D eigenvalue weighted by Gasteiger charge is 2.14. The van der Waals surface area contributed by atoms with Crippen molar-refractivity contribution in [3.8, 4) is 17.2 Å². The number of aryl methyl sites for hydroxylation is 1. The lowest BCUT2D eigenvalue weighted by Gasteiger charge is -2.15. The molecule has 0 spiro atoms. The van der Waals surface area contributed by atoms with Crippen LogP contribution in [-0.4, -0.2) is 41.2 Å². The first-order valence-corrected chi connectivity index (χ1v) is 9.20. The van der Waals surface area contributed by atoms with E-state index in [-0.39, 0.29) is 5.69 Å². The third-order valence-corrected chi connectivity index (χ3v) is 4.24. The van der Waals surface area contributed by atoms with Crippen LogP contribution in [0, 0.1) is 17.0 Å². The Labute approximate surface area is 178 Å². The molecule has 11 nitrogen and oxygen atoms in total. The molecule has 0 saturated carbocycles. The van der Waals surface area contributed by atoms with E-state index in [1.165, 1.54) is 33.5 Å². The van der Waals surface area contributed by atoms with Gasteiger partial charge in [0.15, 0.2) is 11.5 Å². The quantitative estimate of drug-likeness (QED) is 0.387. The van der Waals surface area contributed by atoms with Gasteiger partial charge in [-0.3, -0.25) is 10.1 Å². The fourth-order valence-corrected chi connectivity index (χ4v) is 2.86. The summed E-state index contributed by atoms with van der Waals surface area (Å²) < 4.78 is 16.0. The van der Waals surface area contributed by atoms with Crippen LogP contribution in [0.25, 0.3) is 0 Å². The van der Waals surface area contributed by atoms with E-state index in [0.717, 1.165) is 5.56 Å². The van der Waals surface area contributed by atoms with Crippen molar-refractivity contribution < 1.29 is 19.1 Å². The molecule has 2 aromatic carbocycles. The maximum Gasteiger partial charge on any atom is 0.269 e. The van der Waals surface area contributed by atoms with Crippen LogP contribution < -0.4 is 24.8 Å². The van der Waals surface area contributed by atoms with E-state index in [4.69, 9.17) is 14.2 Å². The number of rotatable bonds is 9. The van der Waals surface area contributed by atoms with Crippen LogP contribution in [0.3, 0.4) is 0 Å². The van der Waals surface area contributed by atoms with Gasteiger partial charge in [0.2, 0.25) is 17.6 Å². The van der Waals surface area contributed by atoms with Crippen LogP contribution in [0.5, 0.6) is 17.2 Å². The summed E-state index contributed by atoms with van der Waals surface area (Å²) in [4.78, 5) is 23.4. The maximum absolute atomic E-state index is 10.9. The van der Waals surface area contributed by atoms with Crippen molar-refractivity contribution in [1.82, 2.24) is 15.0 Å². The second kappa shape index (κ2) is 9.57. The lowest BCUT2D eigenvalue weighted by molar-refractivity contribution is -0.384. The number of hydrogen-bond donors (Lipinski definition) is 2. The first-order valence-electron chi connectivity index (χ1n) is 9.20. The van der Waals surface area contributed by atoms with E-state index < -0.39 is 4.92 Å². The third-order valence-electron chi connectivity index (χ3n) is 4.24. The van der Waals surface area contributed by atoms with E-state index in [2.05, 4.69) is 25.6 Å². The maximum atomic E-state index is 10.9. The number of non-ortho nitro benzene ring substituents is 1. The molecule has 0 radical (unpaired) electrons. The van der Waals surface area contributed by atoms with Crippen LogP contribution in [0.15, 0.2) is 36.4 Å². The molecule has 0 atom stereocenters. The molecular weight excluding hydrogens is 404 g/mol. The topological polar surface area (TPSA) is 134 Å². The van der Waals surface area contributed by atoms with Gasteiger partial charge >= 0.3 is 0 Å². The number of aromatic nitrogens is 3. The van der Waals surface area contributed by atoms with Gasteiger partial charge in [-0.1, -0.05) is 12.1 Å². The SMILES string of the molecule is COc1cc(Nc2nc(C)nc(NCc3cccc([N+](=O)[O-])c3)n2)cc(OC)c1OC. The number of nitro groups is 1.